The molecule has 7 N–H and O–H groups in total. The predicted octanol–water partition coefficient (Wildman–Crippen LogP) is 0.288. The van der Waals surface area contributed by atoms with Gasteiger partial charge in [0.25, 0.3) is 5.91 Å². The molecule has 0 spiro atoms. The van der Waals surface area contributed by atoms with Crippen LogP contribution in [0.1, 0.15) is 35.3 Å². The van der Waals surface area contributed by atoms with Gasteiger partial charge >= 0.3 is 11.9 Å². The van der Waals surface area contributed by atoms with Crippen molar-refractivity contribution < 1.29 is 24.6 Å². The Morgan fingerprint density at radius 2 is 1.88 bits per heavy atom. The highest BCUT2D eigenvalue weighted by Crippen LogP contribution is 2.38. The van der Waals surface area contributed by atoms with Crippen molar-refractivity contribution in [2.75, 3.05) is 34.5 Å². The number of rotatable bonds is 7. The number of hydrogen-bond donors (Lipinski definition) is 5. The fourth-order valence-corrected chi connectivity index (χ4v) is 4.32. The number of nitrogen functional groups attached to an aromatic ring is 2. The highest BCUT2D eigenvalue weighted by Gasteiger charge is 2.37. The van der Waals surface area contributed by atoms with Crippen molar-refractivity contribution in [2.24, 2.45) is 0 Å². The van der Waals surface area contributed by atoms with Gasteiger partial charge in [-0.1, -0.05) is 0 Å². The van der Waals surface area contributed by atoms with Gasteiger partial charge in [0.15, 0.2) is 5.82 Å². The third-order valence-corrected chi connectivity index (χ3v) is 5.94. The number of fused-ring (bicyclic) bond motifs is 3. The van der Waals surface area contributed by atoms with Gasteiger partial charge in [-0.25, -0.2) is 9.78 Å². The Balaban J connectivity index is 1.44. The lowest BCUT2D eigenvalue weighted by atomic mass is 10.0. The fourth-order valence-electron chi connectivity index (χ4n) is 4.32. The number of nitrogens with one attached hydrogen (secondary N) is 1. The fraction of sp³-hybridized carbons (Fsp3) is 0.381. The Kier molecular flexibility index (Phi) is 5.90. The topological polar surface area (TPSA) is 188 Å². The van der Waals surface area contributed by atoms with Gasteiger partial charge in [-0.05, 0) is 43.5 Å². The van der Waals surface area contributed by atoms with Crippen molar-refractivity contribution in [2.45, 2.75) is 37.8 Å². The molecule has 1 amide bonds. The van der Waals surface area contributed by atoms with E-state index < -0.39 is 23.9 Å². The molecular weight excluding hydrogens is 430 g/mol. The highest BCUT2D eigenvalue weighted by atomic mass is 16.4. The maximum atomic E-state index is 12.5. The van der Waals surface area contributed by atoms with Gasteiger partial charge in [0, 0.05) is 30.3 Å². The molecule has 12 nitrogen and oxygen atoms in total. The first-order chi connectivity index (χ1) is 15.7. The van der Waals surface area contributed by atoms with Gasteiger partial charge in [0.2, 0.25) is 5.95 Å². The smallest absolute Gasteiger partial charge is 0.326 e. The first kappa shape index (κ1) is 22.1. The van der Waals surface area contributed by atoms with Crippen LogP contribution in [-0.2, 0) is 16.0 Å². The zero-order chi connectivity index (χ0) is 23.7. The second-order valence-corrected chi connectivity index (χ2v) is 8.13. The standard InChI is InChI=1S/C21H25N7O5/c22-18-17-14(25-21(23)26-18)6-5-13-9-27(10-28(13)17)12-3-1-11(2-4-12)19(31)24-15(20(32)33)7-8-16(29)30/h1-4,13,15H,5-10H2,(H,24,31)(H,29,30)(H,32,33)(H4,22,23,25,26)/t13?,15-/m0/s1. The van der Waals surface area contributed by atoms with Crippen molar-refractivity contribution >= 4 is 41.0 Å². The number of amides is 1. The molecule has 0 radical (unpaired) electrons. The van der Waals surface area contributed by atoms with Crippen LogP contribution in [-0.4, -0.2) is 63.3 Å². The number of benzene rings is 1. The summed E-state index contributed by atoms with van der Waals surface area (Å²) in [5.74, 6) is -2.44. The zero-order valence-corrected chi connectivity index (χ0v) is 17.8. The van der Waals surface area contributed by atoms with Gasteiger partial charge in [-0.2, -0.15) is 4.98 Å². The molecule has 2 aromatic rings. The van der Waals surface area contributed by atoms with Gasteiger partial charge < -0.3 is 36.8 Å². The van der Waals surface area contributed by atoms with Crippen LogP contribution in [0.15, 0.2) is 24.3 Å². The van der Waals surface area contributed by atoms with E-state index in [1.165, 1.54) is 0 Å². The van der Waals surface area contributed by atoms with Gasteiger partial charge in [-0.3, -0.25) is 9.59 Å². The highest BCUT2D eigenvalue weighted by molar-refractivity contribution is 5.97. The molecule has 4 rings (SSSR count). The van der Waals surface area contributed by atoms with Crippen molar-refractivity contribution in [1.82, 2.24) is 15.3 Å². The molecule has 1 aromatic carbocycles. The van der Waals surface area contributed by atoms with Crippen LogP contribution >= 0.6 is 0 Å². The molecule has 1 aromatic heterocycles. The van der Waals surface area contributed by atoms with Crippen LogP contribution in [0.2, 0.25) is 0 Å². The summed E-state index contributed by atoms with van der Waals surface area (Å²) in [4.78, 5) is 47.2. The Morgan fingerprint density at radius 3 is 2.55 bits per heavy atom. The minimum Gasteiger partial charge on any atom is -0.481 e. The molecule has 1 fully saturated rings. The molecule has 0 aliphatic carbocycles. The normalized spacial score (nSPS) is 17.8. The summed E-state index contributed by atoms with van der Waals surface area (Å²) in [5.41, 5.74) is 14.7. The molecule has 2 aliphatic rings. The van der Waals surface area contributed by atoms with Crippen LogP contribution in [0, 0.1) is 0 Å². The lowest BCUT2D eigenvalue weighted by Gasteiger charge is -2.32. The molecule has 2 aliphatic heterocycles. The number of aromatic nitrogens is 2. The van der Waals surface area contributed by atoms with Gasteiger partial charge in [0.05, 0.1) is 12.4 Å². The number of carboxylic acids is 2. The largest absolute Gasteiger partial charge is 0.481 e. The third kappa shape index (κ3) is 4.59. The van der Waals surface area contributed by atoms with Gasteiger partial charge in [0.1, 0.15) is 11.7 Å². The molecule has 1 unspecified atom stereocenters. The van der Waals surface area contributed by atoms with E-state index in [2.05, 4.69) is 25.1 Å². The molecule has 0 saturated carbocycles. The number of carboxylic acid groups (broad SMARTS) is 2. The second kappa shape index (κ2) is 8.81. The molecule has 3 heterocycles. The van der Waals surface area contributed by atoms with E-state index in [4.69, 9.17) is 16.6 Å². The summed E-state index contributed by atoms with van der Waals surface area (Å²) >= 11 is 0. The average molecular weight is 455 g/mol. The molecule has 1 saturated heterocycles. The Hall–Kier alpha value is -4.09. The Labute approximate surface area is 189 Å². The summed E-state index contributed by atoms with van der Waals surface area (Å²) < 4.78 is 0. The molecular formula is C21H25N7O5. The van der Waals surface area contributed by atoms with E-state index >= 15 is 0 Å². The first-order valence-electron chi connectivity index (χ1n) is 10.5. The molecule has 174 valence electrons. The van der Waals surface area contributed by atoms with E-state index in [1.54, 1.807) is 24.3 Å². The summed E-state index contributed by atoms with van der Waals surface area (Å²) in [6.07, 6.45) is 1.13. The van der Waals surface area contributed by atoms with E-state index in [1.807, 2.05) is 0 Å². The SMILES string of the molecule is Nc1nc(N)c2c(n1)CCC1CN(c3ccc(C(=O)N[C@@H](CCC(=O)O)C(=O)O)cc3)CN21. The molecule has 33 heavy (non-hydrogen) atoms. The lowest BCUT2D eigenvalue weighted by Crippen LogP contribution is -2.41. The number of aryl methyl sites for hydroxylation is 1. The van der Waals surface area contributed by atoms with Gasteiger partial charge in [-0.15, -0.1) is 0 Å². The maximum absolute atomic E-state index is 12.5. The summed E-state index contributed by atoms with van der Waals surface area (Å²) in [7, 11) is 0. The van der Waals surface area contributed by atoms with Crippen molar-refractivity contribution in [3.05, 3.63) is 35.5 Å². The molecule has 0 bridgehead atoms. The quantitative estimate of drug-likeness (QED) is 0.386. The number of hydrogen-bond acceptors (Lipinski definition) is 9. The van der Waals surface area contributed by atoms with Crippen molar-refractivity contribution in [3.63, 3.8) is 0 Å². The second-order valence-electron chi connectivity index (χ2n) is 8.13. The number of carbonyl (C=O) groups is 3. The number of carbonyl (C=O) groups excluding carboxylic acids is 1. The van der Waals surface area contributed by atoms with E-state index in [9.17, 15) is 19.5 Å². The van der Waals surface area contributed by atoms with E-state index in [0.29, 0.717) is 12.5 Å². The van der Waals surface area contributed by atoms with Crippen LogP contribution in [0.5, 0.6) is 0 Å². The van der Waals surface area contributed by atoms with Crippen LogP contribution in [0.25, 0.3) is 0 Å². The van der Waals surface area contributed by atoms with Crippen LogP contribution < -0.4 is 26.6 Å². The monoisotopic (exact) mass is 455 g/mol. The minimum absolute atomic E-state index is 0.169. The number of aliphatic carboxylic acids is 2. The van der Waals surface area contributed by atoms with Crippen molar-refractivity contribution in [3.8, 4) is 0 Å². The van der Waals surface area contributed by atoms with Crippen LogP contribution in [0.4, 0.5) is 23.1 Å². The first-order valence-corrected chi connectivity index (χ1v) is 10.5. The lowest BCUT2D eigenvalue weighted by molar-refractivity contribution is -0.140. The molecule has 2 atom stereocenters. The Bertz CT molecular complexity index is 1090. The number of nitrogens with zero attached hydrogens (tertiary/aromatic N) is 4. The summed E-state index contributed by atoms with van der Waals surface area (Å²) in [6, 6.07) is 5.80. The van der Waals surface area contributed by atoms with Crippen molar-refractivity contribution in [1.29, 1.82) is 0 Å². The average Bonchev–Trinajstić information content (AvgIpc) is 3.20. The number of anilines is 4. The summed E-state index contributed by atoms with van der Waals surface area (Å²) in [5, 5.41) is 20.4. The van der Waals surface area contributed by atoms with E-state index in [0.717, 1.165) is 36.5 Å². The maximum Gasteiger partial charge on any atom is 0.326 e. The predicted molar refractivity (Wildman–Crippen MR) is 120 cm³/mol. The molecule has 12 heteroatoms. The minimum atomic E-state index is -1.28. The van der Waals surface area contributed by atoms with E-state index in [-0.39, 0.29) is 30.4 Å². The van der Waals surface area contributed by atoms with Crippen LogP contribution in [0.3, 0.4) is 0 Å². The Morgan fingerprint density at radius 1 is 1.15 bits per heavy atom. The summed E-state index contributed by atoms with van der Waals surface area (Å²) in [6.45, 7) is 1.35. The third-order valence-electron chi connectivity index (χ3n) is 5.94. The number of nitrogens with two attached hydrogens (primary N) is 2. The zero-order valence-electron chi connectivity index (χ0n) is 17.8.